The van der Waals surface area contributed by atoms with Gasteiger partial charge in [-0.25, -0.2) is 4.57 Å². The Kier molecular flexibility index (Phi) is 32.7. The van der Waals surface area contributed by atoms with E-state index in [0.717, 1.165) is 32.1 Å². The van der Waals surface area contributed by atoms with E-state index in [4.69, 9.17) is 13.8 Å². The van der Waals surface area contributed by atoms with Crippen LogP contribution in [0.1, 0.15) is 174 Å². The summed E-state index contributed by atoms with van der Waals surface area (Å²) < 4.78 is 26.4. The molecule has 10 heteroatoms. The van der Waals surface area contributed by atoms with Gasteiger partial charge in [0.05, 0.1) is 13.2 Å². The minimum Gasteiger partial charge on any atom is -0.463 e. The van der Waals surface area contributed by atoms with Crippen LogP contribution >= 0.6 is 7.82 Å². The number of aliphatic hydroxyl groups is 1. The Bertz CT molecular complexity index is 779. The molecule has 0 heterocycles. The van der Waals surface area contributed by atoms with Crippen molar-refractivity contribution >= 4 is 19.7 Å². The van der Waals surface area contributed by atoms with E-state index in [-0.39, 0.29) is 32.1 Å². The Hall–Kier alpha value is -1.25. The summed E-state index contributed by atoms with van der Waals surface area (Å²) in [7, 11) is -4.38. The molecular weight excluding hydrogens is 605 g/mol. The third-order valence-corrected chi connectivity index (χ3v) is 8.93. The molecule has 0 spiro atoms. The normalized spacial score (nSPS) is 13.6. The first-order chi connectivity index (χ1) is 22.3. The highest BCUT2D eigenvalue weighted by atomic mass is 31.2. The molecule has 0 saturated heterocycles. The van der Waals surface area contributed by atoms with Gasteiger partial charge >= 0.3 is 13.8 Å². The number of carbonyl (C=O) groups excluding carboxylic acids is 2. The molecule has 0 aromatic carbocycles. The van der Waals surface area contributed by atoms with E-state index in [2.05, 4.69) is 24.4 Å². The quantitative estimate of drug-likeness (QED) is 0.0262. The maximum Gasteiger partial charge on any atom is 0.472 e. The van der Waals surface area contributed by atoms with Crippen molar-refractivity contribution in [1.29, 1.82) is 0 Å². The van der Waals surface area contributed by atoms with Crippen LogP contribution in [0.3, 0.4) is 0 Å². The molecule has 1 amide bonds. The third-order valence-electron chi connectivity index (χ3n) is 7.95. The first-order valence-corrected chi connectivity index (χ1v) is 20.2. The SMILES string of the molecule is CCCCCCCC/C=C/CCCCCCCCCCCCCCCC(=O)OCC(O)COP(=O)(O)OCCNC(=O)CCCC. The van der Waals surface area contributed by atoms with Crippen LogP contribution in [-0.4, -0.2) is 54.3 Å². The van der Waals surface area contributed by atoms with Crippen molar-refractivity contribution in [2.75, 3.05) is 26.4 Å². The number of hydrogen-bond acceptors (Lipinski definition) is 7. The second-order valence-corrected chi connectivity index (χ2v) is 14.0. The van der Waals surface area contributed by atoms with Gasteiger partial charge in [0.1, 0.15) is 12.7 Å². The highest BCUT2D eigenvalue weighted by Crippen LogP contribution is 2.42. The molecule has 0 aromatic rings. The average Bonchev–Trinajstić information content (AvgIpc) is 3.04. The van der Waals surface area contributed by atoms with E-state index < -0.39 is 26.5 Å². The van der Waals surface area contributed by atoms with Crippen LogP contribution in [0.2, 0.25) is 0 Å². The first-order valence-electron chi connectivity index (χ1n) is 18.7. The van der Waals surface area contributed by atoms with E-state index in [0.29, 0.717) is 6.42 Å². The average molecular weight is 676 g/mol. The molecule has 2 atom stereocenters. The summed E-state index contributed by atoms with van der Waals surface area (Å²) in [5.41, 5.74) is 0. The summed E-state index contributed by atoms with van der Waals surface area (Å²) >= 11 is 0. The predicted octanol–water partition coefficient (Wildman–Crippen LogP) is 9.49. The van der Waals surface area contributed by atoms with Crippen molar-refractivity contribution in [3.63, 3.8) is 0 Å². The van der Waals surface area contributed by atoms with Crippen molar-refractivity contribution < 1.29 is 37.9 Å². The van der Waals surface area contributed by atoms with Crippen molar-refractivity contribution in [1.82, 2.24) is 5.32 Å². The molecular formula is C36H70NO8P. The van der Waals surface area contributed by atoms with E-state index >= 15 is 0 Å². The molecule has 9 nitrogen and oxygen atoms in total. The van der Waals surface area contributed by atoms with Crippen molar-refractivity contribution in [3.05, 3.63) is 12.2 Å². The van der Waals surface area contributed by atoms with Gasteiger partial charge in [-0.05, 0) is 38.5 Å². The molecule has 0 radical (unpaired) electrons. The lowest BCUT2D eigenvalue weighted by molar-refractivity contribution is -0.147. The number of unbranched alkanes of at least 4 members (excludes halogenated alkanes) is 20. The van der Waals surface area contributed by atoms with Gasteiger partial charge in [0, 0.05) is 19.4 Å². The molecule has 0 aromatic heterocycles. The summed E-state index contributed by atoms with van der Waals surface area (Å²) in [6.45, 7) is 3.30. The molecule has 2 unspecified atom stereocenters. The van der Waals surface area contributed by atoms with Crippen LogP contribution < -0.4 is 5.32 Å². The smallest absolute Gasteiger partial charge is 0.463 e. The highest BCUT2D eigenvalue weighted by molar-refractivity contribution is 7.47. The predicted molar refractivity (Wildman–Crippen MR) is 188 cm³/mol. The molecule has 46 heavy (non-hydrogen) atoms. The molecule has 0 saturated carbocycles. The standard InChI is InChI=1S/C36H70NO8P/c1-3-5-7-8-9-10-11-12-13-14-15-16-17-18-19-20-21-22-23-24-25-26-27-29-36(40)43-32-34(38)33-45-46(41,42)44-31-30-37-35(39)28-6-4-2/h12-13,34,38H,3-11,14-33H2,1-2H3,(H,37,39)(H,41,42)/b13-12+. The zero-order chi connectivity index (χ0) is 34.0. The zero-order valence-corrected chi connectivity index (χ0v) is 30.4. The fourth-order valence-corrected chi connectivity index (χ4v) is 5.82. The van der Waals surface area contributed by atoms with Gasteiger partial charge in [-0.2, -0.15) is 0 Å². The number of phosphoric ester groups is 1. The summed E-state index contributed by atoms with van der Waals surface area (Å²) in [5, 5.41) is 12.5. The van der Waals surface area contributed by atoms with Gasteiger partial charge in [0.25, 0.3) is 0 Å². The zero-order valence-electron chi connectivity index (χ0n) is 29.5. The van der Waals surface area contributed by atoms with E-state index in [1.54, 1.807) is 0 Å². The lowest BCUT2D eigenvalue weighted by Crippen LogP contribution is -2.27. The number of amides is 1. The van der Waals surface area contributed by atoms with Crippen molar-refractivity contribution in [2.45, 2.75) is 180 Å². The lowest BCUT2D eigenvalue weighted by atomic mass is 10.0. The summed E-state index contributed by atoms with van der Waals surface area (Å²) in [4.78, 5) is 33.1. The van der Waals surface area contributed by atoms with Gasteiger partial charge in [-0.15, -0.1) is 0 Å². The van der Waals surface area contributed by atoms with Crippen LogP contribution in [0.15, 0.2) is 12.2 Å². The Morgan fingerprint density at radius 1 is 0.652 bits per heavy atom. The van der Waals surface area contributed by atoms with Crippen molar-refractivity contribution in [2.24, 2.45) is 0 Å². The number of rotatable bonds is 35. The Balaban J connectivity index is 3.47. The molecule has 0 aliphatic heterocycles. The van der Waals surface area contributed by atoms with Gasteiger partial charge in [-0.3, -0.25) is 18.6 Å². The third kappa shape index (κ3) is 34.1. The van der Waals surface area contributed by atoms with Crippen LogP contribution in [-0.2, 0) is 27.9 Å². The Morgan fingerprint density at radius 3 is 1.65 bits per heavy atom. The van der Waals surface area contributed by atoms with E-state index in [9.17, 15) is 24.2 Å². The van der Waals surface area contributed by atoms with Crippen LogP contribution in [0, 0.1) is 0 Å². The maximum absolute atomic E-state index is 11.9. The number of hydrogen-bond donors (Lipinski definition) is 3. The second-order valence-electron chi connectivity index (χ2n) is 12.6. The van der Waals surface area contributed by atoms with Gasteiger partial charge in [0.15, 0.2) is 0 Å². The number of esters is 1. The Labute approximate surface area is 281 Å². The van der Waals surface area contributed by atoms with Crippen molar-refractivity contribution in [3.8, 4) is 0 Å². The molecule has 272 valence electrons. The molecule has 0 aliphatic carbocycles. The monoisotopic (exact) mass is 675 g/mol. The van der Waals surface area contributed by atoms with Gasteiger partial charge in [0.2, 0.25) is 5.91 Å². The molecule has 3 N–H and O–H groups in total. The summed E-state index contributed by atoms with van der Waals surface area (Å²) in [5.74, 6) is -0.549. The fraction of sp³-hybridized carbons (Fsp3) is 0.889. The topological polar surface area (TPSA) is 131 Å². The maximum atomic E-state index is 11.9. The second kappa shape index (κ2) is 33.6. The van der Waals surface area contributed by atoms with Gasteiger partial charge < -0.3 is 20.1 Å². The summed E-state index contributed by atoms with van der Waals surface area (Å²) in [6.07, 6.45) is 32.6. The fourth-order valence-electron chi connectivity index (χ4n) is 5.06. The largest absolute Gasteiger partial charge is 0.472 e. The number of aliphatic hydroxyl groups excluding tert-OH is 1. The highest BCUT2D eigenvalue weighted by Gasteiger charge is 2.23. The molecule has 0 fully saturated rings. The number of nitrogens with one attached hydrogen (secondary N) is 1. The number of allylic oxidation sites excluding steroid dienone is 2. The van der Waals surface area contributed by atoms with Crippen LogP contribution in [0.5, 0.6) is 0 Å². The lowest BCUT2D eigenvalue weighted by Gasteiger charge is -2.15. The van der Waals surface area contributed by atoms with Crippen LogP contribution in [0.25, 0.3) is 0 Å². The minimum atomic E-state index is -4.38. The number of phosphoric acid groups is 1. The summed E-state index contributed by atoms with van der Waals surface area (Å²) in [6, 6.07) is 0. The minimum absolute atomic E-state index is 0.0782. The molecule has 0 bridgehead atoms. The number of ether oxygens (including phenoxy) is 1. The van der Waals surface area contributed by atoms with Gasteiger partial charge in [-0.1, -0.05) is 135 Å². The van der Waals surface area contributed by atoms with Crippen LogP contribution in [0.4, 0.5) is 0 Å². The molecule has 0 rings (SSSR count). The van der Waals surface area contributed by atoms with E-state index in [1.165, 1.54) is 116 Å². The first kappa shape index (κ1) is 44.8. The number of carbonyl (C=O) groups is 2. The Morgan fingerprint density at radius 2 is 1.13 bits per heavy atom. The van der Waals surface area contributed by atoms with E-state index in [1.807, 2.05) is 6.92 Å². The molecule has 0 aliphatic rings.